The van der Waals surface area contributed by atoms with Crippen LogP contribution in [0.2, 0.25) is 0 Å². The highest BCUT2D eigenvalue weighted by Gasteiger charge is 2.18. The fraction of sp³-hybridized carbons (Fsp3) is 0. The minimum atomic E-state index is -0.736. The molecular formula is C11H6N2O6. The topological polar surface area (TPSA) is 116 Å². The highest BCUT2D eigenvalue weighted by molar-refractivity contribution is 5.73. The van der Waals surface area contributed by atoms with Crippen molar-refractivity contribution >= 4 is 17.7 Å². The summed E-state index contributed by atoms with van der Waals surface area (Å²) < 4.78 is 5.08. The molecule has 1 aromatic carbocycles. The second-order valence-corrected chi connectivity index (χ2v) is 3.57. The highest BCUT2D eigenvalue weighted by atomic mass is 16.6. The van der Waals surface area contributed by atoms with Gasteiger partial charge in [-0.1, -0.05) is 0 Å². The molecule has 0 spiro atoms. The number of nitro groups is 2. The lowest BCUT2D eigenvalue weighted by molar-refractivity contribution is -0.394. The monoisotopic (exact) mass is 262 g/mol. The van der Waals surface area contributed by atoms with E-state index in [1.807, 2.05) is 0 Å². The molecule has 0 amide bonds. The molecule has 0 aliphatic rings. The van der Waals surface area contributed by atoms with E-state index >= 15 is 0 Å². The molecule has 0 unspecified atom stereocenters. The summed E-state index contributed by atoms with van der Waals surface area (Å²) in [6, 6.07) is 5.91. The number of hydrogen-bond donors (Lipinski definition) is 0. The van der Waals surface area contributed by atoms with Crippen LogP contribution in [0.15, 0.2) is 34.7 Å². The lowest BCUT2D eigenvalue weighted by Gasteiger charge is -1.98. The van der Waals surface area contributed by atoms with E-state index in [9.17, 15) is 25.0 Å². The van der Waals surface area contributed by atoms with Gasteiger partial charge in [0.15, 0.2) is 12.0 Å². The Balaban J connectivity index is 2.58. The number of furan rings is 1. The van der Waals surface area contributed by atoms with Crippen LogP contribution in [0.25, 0.3) is 11.3 Å². The number of nitro benzene ring substituents is 2. The number of aldehydes is 1. The normalized spacial score (nSPS) is 10.1. The van der Waals surface area contributed by atoms with Gasteiger partial charge in [0.05, 0.1) is 15.9 Å². The molecule has 0 atom stereocenters. The molecule has 1 heterocycles. The Morgan fingerprint density at radius 1 is 1.00 bits per heavy atom. The molecular weight excluding hydrogens is 256 g/mol. The Kier molecular flexibility index (Phi) is 3.06. The van der Waals surface area contributed by atoms with Crippen LogP contribution in [0, 0.1) is 20.2 Å². The molecule has 96 valence electrons. The van der Waals surface area contributed by atoms with Crippen LogP contribution in [0.5, 0.6) is 0 Å². The van der Waals surface area contributed by atoms with Crippen LogP contribution in [0.3, 0.4) is 0 Å². The van der Waals surface area contributed by atoms with Gasteiger partial charge in [0.25, 0.3) is 11.4 Å². The first-order valence-corrected chi connectivity index (χ1v) is 5.00. The van der Waals surface area contributed by atoms with E-state index in [1.165, 1.54) is 12.1 Å². The van der Waals surface area contributed by atoms with Gasteiger partial charge in [0.1, 0.15) is 5.76 Å². The van der Waals surface area contributed by atoms with Crippen molar-refractivity contribution < 1.29 is 19.1 Å². The molecule has 0 aliphatic carbocycles. The van der Waals surface area contributed by atoms with E-state index in [-0.39, 0.29) is 17.1 Å². The molecule has 0 fully saturated rings. The van der Waals surface area contributed by atoms with Crippen molar-refractivity contribution in [2.24, 2.45) is 0 Å². The molecule has 1 aromatic heterocycles. The molecule has 8 heteroatoms. The van der Waals surface area contributed by atoms with Gasteiger partial charge in [-0.15, -0.1) is 0 Å². The maximum Gasteiger partial charge on any atom is 0.277 e. The van der Waals surface area contributed by atoms with E-state index < -0.39 is 21.2 Å². The summed E-state index contributed by atoms with van der Waals surface area (Å²) in [5.74, 6) is 0.179. The van der Waals surface area contributed by atoms with Crippen LogP contribution in [0.4, 0.5) is 11.4 Å². The number of rotatable bonds is 4. The van der Waals surface area contributed by atoms with Crippen LogP contribution in [-0.4, -0.2) is 16.1 Å². The zero-order valence-electron chi connectivity index (χ0n) is 9.31. The molecule has 0 radical (unpaired) electrons. The van der Waals surface area contributed by atoms with Crippen LogP contribution in [0.1, 0.15) is 10.6 Å². The van der Waals surface area contributed by atoms with Crippen molar-refractivity contribution in [3.8, 4) is 11.3 Å². The van der Waals surface area contributed by atoms with Gasteiger partial charge < -0.3 is 4.42 Å². The minimum absolute atomic E-state index is 0.0316. The zero-order valence-corrected chi connectivity index (χ0v) is 9.31. The van der Waals surface area contributed by atoms with Crippen LogP contribution in [-0.2, 0) is 0 Å². The van der Waals surface area contributed by atoms with Gasteiger partial charge >= 0.3 is 0 Å². The second-order valence-electron chi connectivity index (χ2n) is 3.57. The summed E-state index contributed by atoms with van der Waals surface area (Å²) in [7, 11) is 0. The van der Waals surface area contributed by atoms with Gasteiger partial charge in [-0.05, 0) is 12.1 Å². The van der Waals surface area contributed by atoms with Crippen molar-refractivity contribution in [3.05, 3.63) is 56.3 Å². The summed E-state index contributed by atoms with van der Waals surface area (Å²) in [6.07, 6.45) is 0.468. The molecule has 0 N–H and O–H groups in total. The number of carbonyl (C=O) groups is 1. The minimum Gasteiger partial charge on any atom is -0.453 e. The average Bonchev–Trinajstić information content (AvgIpc) is 2.86. The van der Waals surface area contributed by atoms with Crippen LogP contribution >= 0.6 is 0 Å². The second kappa shape index (κ2) is 4.69. The van der Waals surface area contributed by atoms with Crippen molar-refractivity contribution in [3.63, 3.8) is 0 Å². The van der Waals surface area contributed by atoms with Gasteiger partial charge in [-0.25, -0.2) is 0 Å². The lowest BCUT2D eigenvalue weighted by atomic mass is 10.1. The van der Waals surface area contributed by atoms with Gasteiger partial charge in [0.2, 0.25) is 0 Å². The van der Waals surface area contributed by atoms with Crippen LogP contribution < -0.4 is 0 Å². The zero-order chi connectivity index (χ0) is 14.0. The predicted molar refractivity (Wildman–Crippen MR) is 62.8 cm³/mol. The number of non-ortho nitro benzene ring substituents is 2. The molecule has 2 rings (SSSR count). The summed E-state index contributed by atoms with van der Waals surface area (Å²) in [4.78, 5) is 30.5. The molecule has 0 aliphatic heterocycles. The largest absolute Gasteiger partial charge is 0.453 e. The van der Waals surface area contributed by atoms with Crippen molar-refractivity contribution in [1.29, 1.82) is 0 Å². The molecule has 0 saturated carbocycles. The van der Waals surface area contributed by atoms with Crippen molar-refractivity contribution in [2.45, 2.75) is 0 Å². The SMILES string of the molecule is O=Cc1ccc(-c2cc([N+](=O)[O-])cc([N+](=O)[O-])c2)o1. The summed E-state index contributed by atoms with van der Waals surface area (Å²) in [6.45, 7) is 0. The first-order chi connectivity index (χ1) is 9.01. The number of benzene rings is 1. The van der Waals surface area contributed by atoms with Gasteiger partial charge in [-0.2, -0.15) is 0 Å². The fourth-order valence-corrected chi connectivity index (χ4v) is 1.52. The van der Waals surface area contributed by atoms with E-state index in [0.717, 1.165) is 18.2 Å². The summed E-state index contributed by atoms with van der Waals surface area (Å²) >= 11 is 0. The maximum absolute atomic E-state index is 10.7. The number of nitrogens with zero attached hydrogens (tertiary/aromatic N) is 2. The molecule has 2 aromatic rings. The highest BCUT2D eigenvalue weighted by Crippen LogP contribution is 2.30. The molecule has 0 bridgehead atoms. The number of carbonyl (C=O) groups excluding carboxylic acids is 1. The Morgan fingerprint density at radius 3 is 2.00 bits per heavy atom. The quantitative estimate of drug-likeness (QED) is 0.474. The Morgan fingerprint density at radius 2 is 1.58 bits per heavy atom. The maximum atomic E-state index is 10.7. The van der Waals surface area contributed by atoms with E-state index in [1.54, 1.807) is 0 Å². The van der Waals surface area contributed by atoms with Crippen molar-refractivity contribution in [1.82, 2.24) is 0 Å². The first-order valence-electron chi connectivity index (χ1n) is 5.00. The van der Waals surface area contributed by atoms with Gasteiger partial charge in [0, 0.05) is 17.7 Å². The standard InChI is InChI=1S/C11H6N2O6/c14-6-10-1-2-11(19-10)7-3-8(12(15)16)5-9(4-7)13(17)18/h1-6H. The Bertz CT molecular complexity index is 643. The fourth-order valence-electron chi connectivity index (χ4n) is 1.52. The molecule has 8 nitrogen and oxygen atoms in total. The third-order valence-electron chi connectivity index (χ3n) is 2.35. The predicted octanol–water partition coefficient (Wildman–Crippen LogP) is 2.58. The average molecular weight is 262 g/mol. The lowest BCUT2D eigenvalue weighted by Crippen LogP contribution is -1.93. The van der Waals surface area contributed by atoms with Gasteiger partial charge in [-0.3, -0.25) is 25.0 Å². The molecule has 19 heavy (non-hydrogen) atoms. The van der Waals surface area contributed by atoms with E-state index in [2.05, 4.69) is 0 Å². The van der Waals surface area contributed by atoms with Crippen molar-refractivity contribution in [2.75, 3.05) is 0 Å². The van der Waals surface area contributed by atoms with E-state index in [0.29, 0.717) is 6.29 Å². The van der Waals surface area contributed by atoms with E-state index in [4.69, 9.17) is 4.42 Å². The number of hydrogen-bond acceptors (Lipinski definition) is 6. The Labute approximate surface area is 105 Å². The summed E-state index contributed by atoms with van der Waals surface area (Å²) in [5, 5.41) is 21.4. The molecule has 0 saturated heterocycles. The summed E-state index contributed by atoms with van der Waals surface area (Å²) in [5.41, 5.74) is -0.685. The smallest absolute Gasteiger partial charge is 0.277 e. The first kappa shape index (κ1) is 12.4. The third kappa shape index (κ3) is 2.46. The Hall–Kier alpha value is -3.03. The third-order valence-corrected chi connectivity index (χ3v) is 2.35.